The van der Waals surface area contributed by atoms with Crippen LogP contribution in [-0.2, 0) is 4.79 Å². The molecule has 0 saturated carbocycles. The van der Waals surface area contributed by atoms with Crippen LogP contribution in [0.2, 0.25) is 0 Å². The Labute approximate surface area is 61.2 Å². The lowest BCUT2D eigenvalue weighted by molar-refractivity contribution is -0.142. The lowest BCUT2D eigenvalue weighted by Crippen LogP contribution is -2.17. The van der Waals surface area contributed by atoms with Crippen LogP contribution >= 0.6 is 0 Å². The van der Waals surface area contributed by atoms with Crippen LogP contribution in [0.4, 0.5) is 0 Å². The Bertz CT molecular complexity index is 155. The van der Waals surface area contributed by atoms with Gasteiger partial charge in [0.1, 0.15) is 0 Å². The summed E-state index contributed by atoms with van der Waals surface area (Å²) in [5.74, 6) is 1.40. The topological polar surface area (TPSA) is 37.3 Å². The summed E-state index contributed by atoms with van der Waals surface area (Å²) in [5.41, 5.74) is 0. The molecular weight excluding hydrogens is 128 g/mol. The molecule has 0 rings (SSSR count). The summed E-state index contributed by atoms with van der Waals surface area (Å²) >= 11 is 0. The molecule has 0 heterocycles. The zero-order valence-electron chi connectivity index (χ0n) is 6.29. The Morgan fingerprint density at radius 2 is 2.20 bits per heavy atom. The number of hydrogen-bond donors (Lipinski definition) is 1. The molecular formula is C8H12O2. The molecule has 0 aliphatic carbocycles. The minimum atomic E-state index is -0.775. The average molecular weight is 140 g/mol. The summed E-state index contributed by atoms with van der Waals surface area (Å²) < 4.78 is 0. The highest BCUT2D eigenvalue weighted by Crippen LogP contribution is 2.13. The third kappa shape index (κ3) is 2.54. The molecule has 0 saturated heterocycles. The number of aliphatic carboxylic acids is 1. The van der Waals surface area contributed by atoms with Gasteiger partial charge in [-0.05, 0) is 5.92 Å². The van der Waals surface area contributed by atoms with Gasteiger partial charge in [0.25, 0.3) is 0 Å². The van der Waals surface area contributed by atoms with Gasteiger partial charge in [-0.15, -0.1) is 12.3 Å². The lowest BCUT2D eigenvalue weighted by atomic mass is 9.93. The Kier molecular flexibility index (Phi) is 3.56. The summed E-state index contributed by atoms with van der Waals surface area (Å²) in [5, 5.41) is 8.51. The maximum absolute atomic E-state index is 10.3. The van der Waals surface area contributed by atoms with Gasteiger partial charge < -0.3 is 5.11 Å². The molecule has 0 aromatic rings. The Morgan fingerprint density at radius 1 is 1.70 bits per heavy atom. The van der Waals surface area contributed by atoms with Crippen LogP contribution in [0.25, 0.3) is 0 Å². The third-order valence-electron chi connectivity index (χ3n) is 1.68. The quantitative estimate of drug-likeness (QED) is 0.601. The van der Waals surface area contributed by atoms with Crippen molar-refractivity contribution in [1.29, 1.82) is 0 Å². The number of rotatable bonds is 3. The molecule has 1 N–H and O–H groups in total. The highest BCUT2D eigenvalue weighted by Gasteiger charge is 2.17. The number of hydrogen-bond acceptors (Lipinski definition) is 1. The van der Waals surface area contributed by atoms with Crippen LogP contribution < -0.4 is 0 Å². The maximum Gasteiger partial charge on any atom is 0.306 e. The average Bonchev–Trinajstić information content (AvgIpc) is 1.87. The monoisotopic (exact) mass is 140 g/mol. The smallest absolute Gasteiger partial charge is 0.306 e. The fourth-order valence-corrected chi connectivity index (χ4v) is 0.606. The largest absolute Gasteiger partial charge is 0.481 e. The van der Waals surface area contributed by atoms with E-state index in [9.17, 15) is 4.79 Å². The molecule has 0 spiro atoms. The van der Waals surface area contributed by atoms with E-state index in [-0.39, 0.29) is 11.8 Å². The normalized spacial score (nSPS) is 15.3. The van der Waals surface area contributed by atoms with Gasteiger partial charge in [0.05, 0.1) is 5.92 Å². The number of terminal acetylenes is 1. The van der Waals surface area contributed by atoms with Crippen LogP contribution in [0.1, 0.15) is 20.3 Å². The van der Waals surface area contributed by atoms with Crippen LogP contribution in [0.15, 0.2) is 0 Å². The SMILES string of the molecule is C#CCC(C)C(C)C(=O)O. The molecule has 0 aromatic carbocycles. The molecule has 2 nitrogen and oxygen atoms in total. The number of carboxylic acid groups (broad SMARTS) is 1. The summed E-state index contributed by atoms with van der Waals surface area (Å²) in [6, 6.07) is 0. The van der Waals surface area contributed by atoms with E-state index in [0.717, 1.165) is 0 Å². The lowest BCUT2D eigenvalue weighted by Gasteiger charge is -2.11. The van der Waals surface area contributed by atoms with E-state index in [1.54, 1.807) is 6.92 Å². The van der Waals surface area contributed by atoms with Gasteiger partial charge in [0.15, 0.2) is 0 Å². The van der Waals surface area contributed by atoms with E-state index in [4.69, 9.17) is 11.5 Å². The second-order valence-electron chi connectivity index (χ2n) is 2.51. The van der Waals surface area contributed by atoms with Gasteiger partial charge >= 0.3 is 5.97 Å². The highest BCUT2D eigenvalue weighted by atomic mass is 16.4. The van der Waals surface area contributed by atoms with Crippen LogP contribution in [-0.4, -0.2) is 11.1 Å². The van der Waals surface area contributed by atoms with Crippen LogP contribution in [0.3, 0.4) is 0 Å². The van der Waals surface area contributed by atoms with E-state index < -0.39 is 5.97 Å². The molecule has 2 heteroatoms. The van der Waals surface area contributed by atoms with E-state index in [0.29, 0.717) is 6.42 Å². The third-order valence-corrected chi connectivity index (χ3v) is 1.68. The Hall–Kier alpha value is -0.970. The maximum atomic E-state index is 10.3. The van der Waals surface area contributed by atoms with Crippen molar-refractivity contribution >= 4 is 5.97 Å². The molecule has 56 valence electrons. The van der Waals surface area contributed by atoms with Gasteiger partial charge in [0.2, 0.25) is 0 Å². The first-order chi connectivity index (χ1) is 4.59. The standard InChI is InChI=1S/C8H12O2/c1-4-5-6(2)7(3)8(9)10/h1,6-7H,5H2,2-3H3,(H,9,10). The molecule has 0 aromatic heterocycles. The van der Waals surface area contributed by atoms with Gasteiger partial charge in [0, 0.05) is 6.42 Å². The van der Waals surface area contributed by atoms with Crippen molar-refractivity contribution in [3.8, 4) is 12.3 Å². The van der Waals surface area contributed by atoms with Gasteiger partial charge in [-0.1, -0.05) is 13.8 Å². The van der Waals surface area contributed by atoms with E-state index in [1.807, 2.05) is 6.92 Å². The zero-order chi connectivity index (χ0) is 8.15. The predicted molar refractivity (Wildman–Crippen MR) is 39.4 cm³/mol. The van der Waals surface area contributed by atoms with Crippen LogP contribution in [0.5, 0.6) is 0 Å². The molecule has 0 aliphatic rings. The molecule has 2 unspecified atom stereocenters. The van der Waals surface area contributed by atoms with Crippen molar-refractivity contribution in [2.45, 2.75) is 20.3 Å². The van der Waals surface area contributed by atoms with E-state index in [2.05, 4.69) is 5.92 Å². The summed E-state index contributed by atoms with van der Waals surface area (Å²) in [6.07, 6.45) is 5.56. The second-order valence-corrected chi connectivity index (χ2v) is 2.51. The Balaban J connectivity index is 3.84. The Morgan fingerprint density at radius 3 is 2.50 bits per heavy atom. The predicted octanol–water partition coefficient (Wildman–Crippen LogP) is 1.37. The highest BCUT2D eigenvalue weighted by molar-refractivity contribution is 5.69. The fraction of sp³-hybridized carbons (Fsp3) is 0.625. The van der Waals surface area contributed by atoms with E-state index in [1.165, 1.54) is 0 Å². The zero-order valence-corrected chi connectivity index (χ0v) is 6.29. The first-order valence-corrected chi connectivity index (χ1v) is 3.25. The summed E-state index contributed by atoms with van der Waals surface area (Å²) in [4.78, 5) is 10.3. The van der Waals surface area contributed by atoms with Gasteiger partial charge in [-0.2, -0.15) is 0 Å². The van der Waals surface area contributed by atoms with Gasteiger partial charge in [-0.3, -0.25) is 4.79 Å². The van der Waals surface area contributed by atoms with Crippen molar-refractivity contribution in [2.24, 2.45) is 11.8 Å². The van der Waals surface area contributed by atoms with Crippen molar-refractivity contribution in [3.63, 3.8) is 0 Å². The molecule has 0 aliphatic heterocycles. The van der Waals surface area contributed by atoms with Crippen molar-refractivity contribution in [3.05, 3.63) is 0 Å². The van der Waals surface area contributed by atoms with E-state index >= 15 is 0 Å². The molecule has 0 amide bonds. The van der Waals surface area contributed by atoms with Crippen molar-refractivity contribution < 1.29 is 9.90 Å². The molecule has 0 radical (unpaired) electrons. The fourth-order valence-electron chi connectivity index (χ4n) is 0.606. The summed E-state index contributed by atoms with van der Waals surface area (Å²) in [6.45, 7) is 3.52. The molecule has 0 fully saturated rings. The first-order valence-electron chi connectivity index (χ1n) is 3.25. The van der Waals surface area contributed by atoms with Gasteiger partial charge in [-0.25, -0.2) is 0 Å². The first kappa shape index (κ1) is 9.03. The second kappa shape index (κ2) is 3.94. The minimum absolute atomic E-state index is 0.0718. The number of carbonyl (C=O) groups is 1. The molecule has 0 bridgehead atoms. The minimum Gasteiger partial charge on any atom is -0.481 e. The van der Waals surface area contributed by atoms with Crippen LogP contribution in [0, 0.1) is 24.2 Å². The molecule has 2 atom stereocenters. The number of carboxylic acids is 1. The summed E-state index contributed by atoms with van der Waals surface area (Å²) in [7, 11) is 0. The van der Waals surface area contributed by atoms with Crippen molar-refractivity contribution in [2.75, 3.05) is 0 Å². The van der Waals surface area contributed by atoms with Crippen molar-refractivity contribution in [1.82, 2.24) is 0 Å². The molecule has 10 heavy (non-hydrogen) atoms.